The largest absolute Gasteiger partial charge is 0.480 e. The summed E-state index contributed by atoms with van der Waals surface area (Å²) < 4.78 is 0. The predicted octanol–water partition coefficient (Wildman–Crippen LogP) is 1.29. The molecule has 0 radical (unpaired) electrons. The molecule has 0 bridgehead atoms. The van der Waals surface area contributed by atoms with Gasteiger partial charge in [-0.1, -0.05) is 23.8 Å². The molecule has 2 atom stereocenters. The summed E-state index contributed by atoms with van der Waals surface area (Å²) in [5.74, 6) is -0.771. The Morgan fingerprint density at radius 1 is 1.50 bits per heavy atom. The number of hydrogen-bond donors (Lipinski definition) is 2. The first-order chi connectivity index (χ1) is 8.47. The molecule has 1 saturated heterocycles. The third-order valence-electron chi connectivity index (χ3n) is 3.59. The minimum Gasteiger partial charge on any atom is -0.480 e. The highest BCUT2D eigenvalue weighted by Gasteiger charge is 2.35. The van der Waals surface area contributed by atoms with Gasteiger partial charge in [0.2, 0.25) is 0 Å². The minimum atomic E-state index is -0.771. The zero-order chi connectivity index (χ0) is 13.3. The molecule has 0 aromatic heterocycles. The van der Waals surface area contributed by atoms with E-state index < -0.39 is 12.0 Å². The lowest BCUT2D eigenvalue weighted by Gasteiger charge is -2.22. The predicted molar refractivity (Wildman–Crippen MR) is 70.3 cm³/mol. The SMILES string of the molecule is Cc1ccc(CN2CC(N)CC2C(=O)O)c(C)c1. The molecule has 4 heteroatoms. The summed E-state index contributed by atoms with van der Waals surface area (Å²) in [7, 11) is 0. The number of benzene rings is 1. The maximum absolute atomic E-state index is 11.2. The molecule has 1 aromatic carbocycles. The number of carboxylic acid groups (broad SMARTS) is 1. The van der Waals surface area contributed by atoms with Crippen molar-refractivity contribution < 1.29 is 9.90 Å². The van der Waals surface area contributed by atoms with Crippen LogP contribution in [-0.2, 0) is 11.3 Å². The third-order valence-corrected chi connectivity index (χ3v) is 3.59. The normalized spacial score (nSPS) is 24.4. The van der Waals surface area contributed by atoms with Gasteiger partial charge in [-0.25, -0.2) is 0 Å². The van der Waals surface area contributed by atoms with Crippen LogP contribution in [0.5, 0.6) is 0 Å². The van der Waals surface area contributed by atoms with Crippen LogP contribution < -0.4 is 5.73 Å². The van der Waals surface area contributed by atoms with E-state index in [1.807, 2.05) is 4.90 Å². The van der Waals surface area contributed by atoms with Crippen LogP contribution in [0.25, 0.3) is 0 Å². The summed E-state index contributed by atoms with van der Waals surface area (Å²) in [5, 5.41) is 9.20. The Kier molecular flexibility index (Phi) is 3.68. The molecule has 4 nitrogen and oxygen atoms in total. The molecule has 18 heavy (non-hydrogen) atoms. The van der Waals surface area contributed by atoms with Crippen molar-refractivity contribution in [1.82, 2.24) is 4.90 Å². The van der Waals surface area contributed by atoms with Crippen LogP contribution in [-0.4, -0.2) is 34.6 Å². The molecule has 1 heterocycles. The van der Waals surface area contributed by atoms with E-state index in [4.69, 9.17) is 5.73 Å². The Morgan fingerprint density at radius 2 is 2.22 bits per heavy atom. The molecular weight excluding hydrogens is 228 g/mol. The second-order valence-electron chi connectivity index (χ2n) is 5.21. The summed E-state index contributed by atoms with van der Waals surface area (Å²) in [6.07, 6.45) is 0.542. The first kappa shape index (κ1) is 13.1. The molecule has 0 saturated carbocycles. The quantitative estimate of drug-likeness (QED) is 0.846. The van der Waals surface area contributed by atoms with Crippen LogP contribution >= 0.6 is 0 Å². The van der Waals surface area contributed by atoms with E-state index in [1.54, 1.807) is 0 Å². The topological polar surface area (TPSA) is 66.6 Å². The Balaban J connectivity index is 2.15. The van der Waals surface area contributed by atoms with Gasteiger partial charge >= 0.3 is 5.97 Å². The van der Waals surface area contributed by atoms with Crippen molar-refractivity contribution in [3.63, 3.8) is 0 Å². The van der Waals surface area contributed by atoms with Crippen molar-refractivity contribution in [2.24, 2.45) is 5.73 Å². The molecule has 1 aliphatic heterocycles. The maximum atomic E-state index is 11.2. The van der Waals surface area contributed by atoms with Crippen LogP contribution in [0.4, 0.5) is 0 Å². The molecule has 98 valence electrons. The Labute approximate surface area is 107 Å². The van der Waals surface area contributed by atoms with E-state index in [0.717, 1.165) is 0 Å². The van der Waals surface area contributed by atoms with Crippen LogP contribution in [0.1, 0.15) is 23.1 Å². The highest BCUT2D eigenvalue weighted by Crippen LogP contribution is 2.21. The number of hydrogen-bond acceptors (Lipinski definition) is 3. The fraction of sp³-hybridized carbons (Fsp3) is 0.500. The molecule has 1 aliphatic rings. The Hall–Kier alpha value is -1.39. The molecule has 3 N–H and O–H groups in total. The summed E-state index contributed by atoms with van der Waals surface area (Å²) in [6, 6.07) is 5.79. The lowest BCUT2D eigenvalue weighted by atomic mass is 10.1. The highest BCUT2D eigenvalue weighted by atomic mass is 16.4. The summed E-state index contributed by atoms with van der Waals surface area (Å²) >= 11 is 0. The Morgan fingerprint density at radius 3 is 2.83 bits per heavy atom. The van der Waals surface area contributed by atoms with Crippen molar-refractivity contribution in [3.05, 3.63) is 34.9 Å². The van der Waals surface area contributed by atoms with Crippen LogP contribution in [0.2, 0.25) is 0 Å². The van der Waals surface area contributed by atoms with Crippen molar-refractivity contribution in [3.8, 4) is 0 Å². The fourth-order valence-electron chi connectivity index (χ4n) is 2.61. The number of aryl methyl sites for hydroxylation is 2. The average molecular weight is 248 g/mol. The Bertz CT molecular complexity index is 459. The number of aliphatic carboxylic acids is 1. The van der Waals surface area contributed by atoms with E-state index in [1.165, 1.54) is 16.7 Å². The number of nitrogens with zero attached hydrogens (tertiary/aromatic N) is 1. The first-order valence-corrected chi connectivity index (χ1v) is 6.26. The average Bonchev–Trinajstić information content (AvgIpc) is 2.64. The number of carbonyl (C=O) groups is 1. The van der Waals surface area contributed by atoms with E-state index in [2.05, 4.69) is 32.0 Å². The number of nitrogens with two attached hydrogens (primary N) is 1. The van der Waals surface area contributed by atoms with E-state index in [0.29, 0.717) is 19.5 Å². The van der Waals surface area contributed by atoms with Gasteiger partial charge in [-0.3, -0.25) is 9.69 Å². The minimum absolute atomic E-state index is 0.0307. The summed E-state index contributed by atoms with van der Waals surface area (Å²) in [5.41, 5.74) is 9.48. The van der Waals surface area contributed by atoms with Gasteiger partial charge in [-0.05, 0) is 31.4 Å². The van der Waals surface area contributed by atoms with Crippen LogP contribution in [0.15, 0.2) is 18.2 Å². The molecule has 2 rings (SSSR count). The summed E-state index contributed by atoms with van der Waals surface area (Å²) in [6.45, 7) is 5.44. The molecule has 2 unspecified atom stereocenters. The fourth-order valence-corrected chi connectivity index (χ4v) is 2.61. The van der Waals surface area contributed by atoms with Gasteiger partial charge in [0.25, 0.3) is 0 Å². The van der Waals surface area contributed by atoms with Gasteiger partial charge in [0.05, 0.1) is 0 Å². The number of rotatable bonds is 3. The standard InChI is InChI=1S/C14H20N2O2/c1-9-3-4-11(10(2)5-9)7-16-8-12(15)6-13(16)14(17)18/h3-5,12-13H,6-8,15H2,1-2H3,(H,17,18). The maximum Gasteiger partial charge on any atom is 0.320 e. The molecule has 0 aliphatic carbocycles. The monoisotopic (exact) mass is 248 g/mol. The van der Waals surface area contributed by atoms with E-state index >= 15 is 0 Å². The third kappa shape index (κ3) is 2.71. The van der Waals surface area contributed by atoms with Crippen molar-refractivity contribution in [2.75, 3.05) is 6.54 Å². The molecule has 0 amide bonds. The number of carboxylic acids is 1. The van der Waals surface area contributed by atoms with Crippen LogP contribution in [0.3, 0.4) is 0 Å². The van der Waals surface area contributed by atoms with Gasteiger partial charge in [-0.2, -0.15) is 0 Å². The molecular formula is C14H20N2O2. The first-order valence-electron chi connectivity index (χ1n) is 6.26. The van der Waals surface area contributed by atoms with E-state index in [-0.39, 0.29) is 6.04 Å². The number of likely N-dealkylation sites (tertiary alicyclic amines) is 1. The molecule has 1 fully saturated rings. The lowest BCUT2D eigenvalue weighted by Crippen LogP contribution is -2.35. The van der Waals surface area contributed by atoms with Gasteiger partial charge < -0.3 is 10.8 Å². The summed E-state index contributed by atoms with van der Waals surface area (Å²) in [4.78, 5) is 13.2. The smallest absolute Gasteiger partial charge is 0.320 e. The van der Waals surface area contributed by atoms with Gasteiger partial charge in [-0.15, -0.1) is 0 Å². The molecule has 0 spiro atoms. The van der Waals surface area contributed by atoms with Gasteiger partial charge in [0.15, 0.2) is 0 Å². The van der Waals surface area contributed by atoms with Gasteiger partial charge in [0.1, 0.15) is 6.04 Å². The lowest BCUT2D eigenvalue weighted by molar-refractivity contribution is -0.142. The molecule has 1 aromatic rings. The second-order valence-corrected chi connectivity index (χ2v) is 5.21. The highest BCUT2D eigenvalue weighted by molar-refractivity contribution is 5.74. The zero-order valence-corrected chi connectivity index (χ0v) is 10.9. The van der Waals surface area contributed by atoms with Gasteiger partial charge in [0, 0.05) is 19.1 Å². The van der Waals surface area contributed by atoms with Crippen molar-refractivity contribution in [2.45, 2.75) is 38.9 Å². The zero-order valence-electron chi connectivity index (χ0n) is 10.9. The van der Waals surface area contributed by atoms with Crippen molar-refractivity contribution in [1.29, 1.82) is 0 Å². The van der Waals surface area contributed by atoms with Crippen LogP contribution in [0, 0.1) is 13.8 Å². The van der Waals surface area contributed by atoms with Crippen molar-refractivity contribution >= 4 is 5.97 Å². The van der Waals surface area contributed by atoms with E-state index in [9.17, 15) is 9.90 Å². The second kappa shape index (κ2) is 5.08.